The van der Waals surface area contributed by atoms with Crippen molar-refractivity contribution in [2.24, 2.45) is 7.05 Å². The maximum Gasteiger partial charge on any atom is 0.418 e. The highest BCUT2D eigenvalue weighted by atomic mass is 35.5. The van der Waals surface area contributed by atoms with E-state index in [9.17, 15) is 18.0 Å². The van der Waals surface area contributed by atoms with Gasteiger partial charge in [-0.25, -0.2) is 4.98 Å². The molecule has 4 rings (SSSR count). The van der Waals surface area contributed by atoms with Crippen LogP contribution >= 0.6 is 23.2 Å². The summed E-state index contributed by atoms with van der Waals surface area (Å²) >= 11 is 12.3. The van der Waals surface area contributed by atoms with Crippen LogP contribution in [0.1, 0.15) is 21.6 Å². The summed E-state index contributed by atoms with van der Waals surface area (Å²) in [5.41, 5.74) is 0.698. The first-order valence-corrected chi connectivity index (χ1v) is 10.2. The van der Waals surface area contributed by atoms with Gasteiger partial charge in [0.1, 0.15) is 0 Å². The number of carbonyl (C=O) groups is 1. The Hall–Kier alpha value is -3.37. The number of halogens is 5. The highest BCUT2D eigenvalue weighted by Crippen LogP contribution is 2.33. The summed E-state index contributed by atoms with van der Waals surface area (Å²) in [6, 6.07) is 6.89. The number of hydrogen-bond donors (Lipinski definition) is 2. The van der Waals surface area contributed by atoms with E-state index in [0.29, 0.717) is 32.7 Å². The third-order valence-electron chi connectivity index (χ3n) is 4.85. The summed E-state index contributed by atoms with van der Waals surface area (Å²) in [4.78, 5) is 24.7. The lowest BCUT2D eigenvalue weighted by Gasteiger charge is -2.12. The minimum absolute atomic E-state index is 0.233. The molecule has 33 heavy (non-hydrogen) atoms. The number of fused-ring (bicyclic) bond motifs is 1. The van der Waals surface area contributed by atoms with Crippen LogP contribution in [0.3, 0.4) is 0 Å². The van der Waals surface area contributed by atoms with Gasteiger partial charge >= 0.3 is 6.18 Å². The Morgan fingerprint density at radius 3 is 2.58 bits per heavy atom. The van der Waals surface area contributed by atoms with Gasteiger partial charge in [-0.1, -0.05) is 23.2 Å². The number of imidazole rings is 1. The zero-order valence-corrected chi connectivity index (χ0v) is 18.4. The quantitative estimate of drug-likeness (QED) is 0.390. The van der Waals surface area contributed by atoms with Crippen molar-refractivity contribution in [3.63, 3.8) is 0 Å². The molecule has 0 spiro atoms. The number of nitrogens with zero attached hydrogens (tertiary/aromatic N) is 4. The molecule has 2 N–H and O–H groups in total. The van der Waals surface area contributed by atoms with Crippen LogP contribution < -0.4 is 10.6 Å². The van der Waals surface area contributed by atoms with E-state index in [4.69, 9.17) is 23.2 Å². The lowest BCUT2D eigenvalue weighted by molar-refractivity contribution is -0.138. The lowest BCUT2D eigenvalue weighted by Crippen LogP contribution is -2.25. The molecular weight excluding hydrogens is 480 g/mol. The molecule has 12 heteroatoms. The van der Waals surface area contributed by atoms with Crippen molar-refractivity contribution in [3.8, 4) is 0 Å². The van der Waals surface area contributed by atoms with Crippen LogP contribution in [0.5, 0.6) is 0 Å². The first-order valence-electron chi connectivity index (χ1n) is 9.47. The summed E-state index contributed by atoms with van der Waals surface area (Å²) in [6.45, 7) is -0.374. The molecule has 4 aromatic rings. The Bertz CT molecular complexity index is 1340. The number of alkyl halides is 3. The second-order valence-corrected chi connectivity index (χ2v) is 7.79. The van der Waals surface area contributed by atoms with Gasteiger partial charge in [-0.2, -0.15) is 13.2 Å². The largest absolute Gasteiger partial charge is 0.418 e. The Kier molecular flexibility index (Phi) is 6.13. The van der Waals surface area contributed by atoms with Crippen LogP contribution in [0.4, 0.5) is 24.8 Å². The smallest absolute Gasteiger partial charge is 0.346 e. The van der Waals surface area contributed by atoms with Crippen LogP contribution in [-0.2, 0) is 19.8 Å². The van der Waals surface area contributed by atoms with Crippen LogP contribution in [0.2, 0.25) is 10.0 Å². The minimum atomic E-state index is -4.56. The van der Waals surface area contributed by atoms with Gasteiger partial charge < -0.3 is 15.2 Å². The van der Waals surface area contributed by atoms with Gasteiger partial charge in [0, 0.05) is 31.2 Å². The number of aromatic nitrogens is 4. The van der Waals surface area contributed by atoms with E-state index in [0.717, 1.165) is 6.07 Å². The predicted octanol–water partition coefficient (Wildman–Crippen LogP) is 5.36. The van der Waals surface area contributed by atoms with E-state index < -0.39 is 17.6 Å². The van der Waals surface area contributed by atoms with Crippen molar-refractivity contribution in [1.82, 2.24) is 24.8 Å². The SMILES string of the molecule is Cn1c(Nc2c(Cl)cncc2Cl)nc2cc(C(=O)NCc3ncccc3C(F)(F)F)ccc21. The maximum absolute atomic E-state index is 13.1. The minimum Gasteiger partial charge on any atom is -0.346 e. The van der Waals surface area contributed by atoms with Crippen LogP contribution in [0, 0.1) is 0 Å². The Morgan fingerprint density at radius 1 is 1.15 bits per heavy atom. The number of pyridine rings is 2. The van der Waals surface area contributed by atoms with Crippen LogP contribution in [-0.4, -0.2) is 25.4 Å². The molecule has 3 aromatic heterocycles. The fourth-order valence-electron chi connectivity index (χ4n) is 3.20. The lowest BCUT2D eigenvalue weighted by atomic mass is 10.1. The average Bonchev–Trinajstić information content (AvgIpc) is 3.09. The van der Waals surface area contributed by atoms with Crippen molar-refractivity contribution in [2.45, 2.75) is 12.7 Å². The van der Waals surface area contributed by atoms with E-state index in [2.05, 4.69) is 25.6 Å². The predicted molar refractivity (Wildman–Crippen MR) is 119 cm³/mol. The first-order chi connectivity index (χ1) is 15.6. The van der Waals surface area contributed by atoms with Gasteiger partial charge in [-0.3, -0.25) is 14.8 Å². The molecule has 0 saturated carbocycles. The third kappa shape index (κ3) is 4.71. The van der Waals surface area contributed by atoms with Gasteiger partial charge in [0.15, 0.2) is 0 Å². The molecule has 3 heterocycles. The Morgan fingerprint density at radius 2 is 1.88 bits per heavy atom. The highest BCUT2D eigenvalue weighted by molar-refractivity contribution is 6.39. The van der Waals surface area contributed by atoms with Crippen molar-refractivity contribution in [2.75, 3.05) is 5.32 Å². The van der Waals surface area contributed by atoms with Gasteiger partial charge in [0.2, 0.25) is 5.95 Å². The molecule has 0 bridgehead atoms. The normalized spacial score (nSPS) is 11.6. The summed E-state index contributed by atoms with van der Waals surface area (Å²) in [5.74, 6) is -0.142. The molecule has 0 unspecified atom stereocenters. The van der Waals surface area contributed by atoms with E-state index in [1.165, 1.54) is 30.7 Å². The molecule has 0 aliphatic carbocycles. The topological polar surface area (TPSA) is 84.7 Å². The van der Waals surface area contributed by atoms with E-state index in [1.807, 2.05) is 0 Å². The highest BCUT2D eigenvalue weighted by Gasteiger charge is 2.33. The number of nitrogens with one attached hydrogen (secondary N) is 2. The van der Waals surface area contributed by atoms with Gasteiger partial charge in [-0.05, 0) is 30.3 Å². The summed E-state index contributed by atoms with van der Waals surface area (Å²) in [7, 11) is 1.76. The van der Waals surface area contributed by atoms with Crippen molar-refractivity contribution < 1.29 is 18.0 Å². The van der Waals surface area contributed by atoms with Gasteiger partial charge in [0.05, 0.1) is 44.6 Å². The molecule has 0 aliphatic heterocycles. The first kappa shape index (κ1) is 22.8. The second kappa shape index (κ2) is 8.87. The number of hydrogen-bond acceptors (Lipinski definition) is 5. The number of benzene rings is 1. The molecule has 1 amide bonds. The van der Waals surface area contributed by atoms with Gasteiger partial charge in [-0.15, -0.1) is 0 Å². The fourth-order valence-corrected chi connectivity index (χ4v) is 3.66. The molecule has 0 radical (unpaired) electrons. The molecule has 7 nitrogen and oxygen atoms in total. The zero-order chi connectivity index (χ0) is 23.8. The van der Waals surface area contributed by atoms with Crippen LogP contribution in [0.25, 0.3) is 11.0 Å². The average molecular weight is 495 g/mol. The number of anilines is 2. The number of amides is 1. The number of aryl methyl sites for hydroxylation is 1. The van der Waals surface area contributed by atoms with Gasteiger partial charge in [0.25, 0.3) is 5.91 Å². The summed E-state index contributed by atoms with van der Waals surface area (Å²) < 4.78 is 41.1. The van der Waals surface area contributed by atoms with E-state index >= 15 is 0 Å². The number of rotatable bonds is 5. The monoisotopic (exact) mass is 494 g/mol. The maximum atomic E-state index is 13.1. The van der Waals surface area contributed by atoms with Crippen molar-refractivity contribution in [1.29, 1.82) is 0 Å². The fraction of sp³-hybridized carbons (Fsp3) is 0.143. The Labute approximate surface area is 195 Å². The number of carbonyl (C=O) groups excluding carboxylic acids is 1. The summed E-state index contributed by atoms with van der Waals surface area (Å²) in [5, 5.41) is 6.14. The standard InChI is InChI=1S/C21H15Cl2F3N6O/c1-32-17-5-4-11(19(33)29-10-16-12(21(24,25)26)3-2-6-28-16)7-15(17)30-20(32)31-18-13(22)8-27-9-14(18)23/h2-9H,10H2,1H3,(H,29,33)(H,27,30,31). The molecule has 0 fully saturated rings. The van der Waals surface area contributed by atoms with Crippen molar-refractivity contribution >= 4 is 51.8 Å². The van der Waals surface area contributed by atoms with E-state index in [-0.39, 0.29) is 17.8 Å². The molecule has 0 atom stereocenters. The summed E-state index contributed by atoms with van der Waals surface area (Å²) in [6.07, 6.45) is -0.447. The third-order valence-corrected chi connectivity index (χ3v) is 5.42. The van der Waals surface area contributed by atoms with Crippen molar-refractivity contribution in [3.05, 3.63) is 75.8 Å². The van der Waals surface area contributed by atoms with Crippen LogP contribution in [0.15, 0.2) is 48.9 Å². The zero-order valence-electron chi connectivity index (χ0n) is 16.9. The molecule has 0 saturated heterocycles. The van der Waals surface area contributed by atoms with E-state index in [1.54, 1.807) is 23.7 Å². The Balaban J connectivity index is 1.56. The molecular formula is C21H15Cl2F3N6O. The molecule has 170 valence electrons. The molecule has 1 aromatic carbocycles. The molecule has 0 aliphatic rings. The second-order valence-electron chi connectivity index (χ2n) is 6.98.